The third-order valence-corrected chi connectivity index (χ3v) is 2.74. The molecule has 0 heterocycles. The average molecular weight is 257 g/mol. The van der Waals surface area contributed by atoms with Crippen molar-refractivity contribution in [3.8, 4) is 0 Å². The summed E-state index contributed by atoms with van der Waals surface area (Å²) in [7, 11) is 4.14. The molecule has 0 aliphatic rings. The van der Waals surface area contributed by atoms with Crippen LogP contribution >= 0.6 is 15.9 Å². The van der Waals surface area contributed by atoms with Crippen molar-refractivity contribution in [1.82, 2.24) is 4.90 Å². The van der Waals surface area contributed by atoms with Gasteiger partial charge in [-0.3, -0.25) is 0 Å². The fourth-order valence-corrected chi connectivity index (χ4v) is 1.76. The van der Waals surface area contributed by atoms with Gasteiger partial charge in [-0.25, -0.2) is 0 Å². The van der Waals surface area contributed by atoms with Crippen molar-refractivity contribution in [3.05, 3.63) is 34.3 Å². The second-order valence-electron chi connectivity index (χ2n) is 3.75. The van der Waals surface area contributed by atoms with Crippen LogP contribution in [0.1, 0.15) is 11.5 Å². The Bertz CT molecular complexity index is 269. The zero-order valence-electron chi connectivity index (χ0n) is 8.70. The van der Waals surface area contributed by atoms with E-state index in [2.05, 4.69) is 59.2 Å². The Balaban J connectivity index is 2.73. The molecule has 0 radical (unpaired) electrons. The van der Waals surface area contributed by atoms with Crippen LogP contribution < -0.4 is 5.73 Å². The summed E-state index contributed by atoms with van der Waals surface area (Å²) in [6, 6.07) is 8.39. The highest BCUT2D eigenvalue weighted by Crippen LogP contribution is 2.18. The molecule has 1 atom stereocenters. The number of rotatable bonds is 4. The molecule has 78 valence electrons. The lowest BCUT2D eigenvalue weighted by Crippen LogP contribution is -2.25. The molecule has 2 nitrogen and oxygen atoms in total. The van der Waals surface area contributed by atoms with E-state index in [4.69, 9.17) is 5.73 Å². The van der Waals surface area contributed by atoms with Gasteiger partial charge in [0.2, 0.25) is 0 Å². The molecule has 1 rings (SSSR count). The second-order valence-corrected chi connectivity index (χ2v) is 4.66. The summed E-state index contributed by atoms with van der Waals surface area (Å²) < 4.78 is 1.11. The van der Waals surface area contributed by atoms with Crippen molar-refractivity contribution >= 4 is 15.9 Å². The zero-order valence-corrected chi connectivity index (χ0v) is 10.3. The molecule has 2 N–H and O–H groups in total. The van der Waals surface area contributed by atoms with Crippen molar-refractivity contribution in [1.29, 1.82) is 0 Å². The number of nitrogens with zero attached hydrogens (tertiary/aromatic N) is 1. The maximum atomic E-state index is 5.75. The quantitative estimate of drug-likeness (QED) is 0.894. The van der Waals surface area contributed by atoms with Gasteiger partial charge in [-0.1, -0.05) is 28.1 Å². The molecule has 14 heavy (non-hydrogen) atoms. The SMILES string of the molecule is CN(C)CC(CN)c1ccc(Br)cc1. The highest BCUT2D eigenvalue weighted by Gasteiger charge is 2.09. The molecular formula is C11H17BrN2. The molecule has 0 fully saturated rings. The van der Waals surface area contributed by atoms with Crippen LogP contribution in [0.5, 0.6) is 0 Å². The van der Waals surface area contributed by atoms with Gasteiger partial charge in [-0.05, 0) is 31.8 Å². The molecule has 1 aromatic rings. The van der Waals surface area contributed by atoms with Gasteiger partial charge in [0.05, 0.1) is 0 Å². The van der Waals surface area contributed by atoms with Crippen LogP contribution in [0.25, 0.3) is 0 Å². The Morgan fingerprint density at radius 1 is 1.29 bits per heavy atom. The zero-order chi connectivity index (χ0) is 10.6. The first-order chi connectivity index (χ1) is 6.63. The van der Waals surface area contributed by atoms with Crippen LogP contribution in [0.4, 0.5) is 0 Å². The molecule has 0 aromatic heterocycles. The molecule has 0 aliphatic heterocycles. The predicted molar refractivity (Wildman–Crippen MR) is 64.5 cm³/mol. The molecule has 1 aromatic carbocycles. The fourth-order valence-electron chi connectivity index (χ4n) is 1.49. The van der Waals surface area contributed by atoms with Crippen molar-refractivity contribution in [2.75, 3.05) is 27.2 Å². The summed E-state index contributed by atoms with van der Waals surface area (Å²) in [6.45, 7) is 1.69. The Morgan fingerprint density at radius 2 is 1.86 bits per heavy atom. The summed E-state index contributed by atoms with van der Waals surface area (Å²) in [5.74, 6) is 0.429. The molecule has 0 amide bonds. The molecular weight excluding hydrogens is 240 g/mol. The number of benzene rings is 1. The van der Waals surface area contributed by atoms with E-state index >= 15 is 0 Å². The topological polar surface area (TPSA) is 29.3 Å². The first kappa shape index (κ1) is 11.7. The summed E-state index contributed by atoms with van der Waals surface area (Å²) >= 11 is 3.43. The van der Waals surface area contributed by atoms with Crippen LogP contribution in [0.3, 0.4) is 0 Å². The van der Waals surface area contributed by atoms with E-state index in [-0.39, 0.29) is 0 Å². The van der Waals surface area contributed by atoms with Crippen LogP contribution in [0.15, 0.2) is 28.7 Å². The number of hydrogen-bond acceptors (Lipinski definition) is 2. The van der Waals surface area contributed by atoms with Gasteiger partial charge in [0.15, 0.2) is 0 Å². The number of likely N-dealkylation sites (N-methyl/N-ethyl adjacent to an activating group) is 1. The monoisotopic (exact) mass is 256 g/mol. The van der Waals surface area contributed by atoms with Gasteiger partial charge in [0, 0.05) is 23.5 Å². The Hall–Kier alpha value is -0.380. The highest BCUT2D eigenvalue weighted by atomic mass is 79.9. The van der Waals surface area contributed by atoms with Crippen molar-refractivity contribution in [3.63, 3.8) is 0 Å². The van der Waals surface area contributed by atoms with E-state index < -0.39 is 0 Å². The lowest BCUT2D eigenvalue weighted by molar-refractivity contribution is 0.375. The van der Waals surface area contributed by atoms with Crippen molar-refractivity contribution in [2.45, 2.75) is 5.92 Å². The van der Waals surface area contributed by atoms with Gasteiger partial charge in [0.25, 0.3) is 0 Å². The third-order valence-electron chi connectivity index (χ3n) is 2.21. The summed E-state index contributed by atoms with van der Waals surface area (Å²) in [4.78, 5) is 2.17. The van der Waals surface area contributed by atoms with Crippen molar-refractivity contribution in [2.24, 2.45) is 5.73 Å². The lowest BCUT2D eigenvalue weighted by Gasteiger charge is -2.19. The van der Waals surface area contributed by atoms with E-state index in [0.29, 0.717) is 12.5 Å². The van der Waals surface area contributed by atoms with Crippen molar-refractivity contribution < 1.29 is 0 Å². The van der Waals surface area contributed by atoms with E-state index in [1.54, 1.807) is 0 Å². The standard InChI is InChI=1S/C11H17BrN2/c1-14(2)8-10(7-13)9-3-5-11(12)6-4-9/h3-6,10H,7-8,13H2,1-2H3. The maximum absolute atomic E-state index is 5.75. The van der Waals surface area contributed by atoms with Gasteiger partial charge in [-0.2, -0.15) is 0 Å². The van der Waals surface area contributed by atoms with Gasteiger partial charge in [-0.15, -0.1) is 0 Å². The Kier molecular flexibility index (Phi) is 4.58. The van der Waals surface area contributed by atoms with E-state index in [1.165, 1.54) is 5.56 Å². The number of hydrogen-bond donors (Lipinski definition) is 1. The van der Waals surface area contributed by atoms with Gasteiger partial charge >= 0.3 is 0 Å². The van der Waals surface area contributed by atoms with E-state index in [9.17, 15) is 0 Å². The predicted octanol–water partition coefficient (Wildman–Crippen LogP) is 2.05. The molecule has 0 aliphatic carbocycles. The molecule has 0 saturated heterocycles. The summed E-state index contributed by atoms with van der Waals surface area (Å²) in [5.41, 5.74) is 7.06. The van der Waals surface area contributed by atoms with Crippen LogP contribution in [-0.4, -0.2) is 32.1 Å². The minimum Gasteiger partial charge on any atom is -0.330 e. The highest BCUT2D eigenvalue weighted by molar-refractivity contribution is 9.10. The van der Waals surface area contributed by atoms with Crippen LogP contribution in [0, 0.1) is 0 Å². The second kappa shape index (κ2) is 5.49. The third kappa shape index (κ3) is 3.40. The summed E-state index contributed by atoms with van der Waals surface area (Å²) in [5, 5.41) is 0. The molecule has 0 bridgehead atoms. The number of halogens is 1. The van der Waals surface area contributed by atoms with Crippen LogP contribution in [-0.2, 0) is 0 Å². The van der Waals surface area contributed by atoms with Gasteiger partial charge in [0.1, 0.15) is 0 Å². The summed E-state index contributed by atoms with van der Waals surface area (Å²) in [6.07, 6.45) is 0. The number of nitrogens with two attached hydrogens (primary N) is 1. The average Bonchev–Trinajstić information content (AvgIpc) is 2.15. The fraction of sp³-hybridized carbons (Fsp3) is 0.455. The first-order valence-electron chi connectivity index (χ1n) is 4.73. The largest absolute Gasteiger partial charge is 0.330 e. The minimum absolute atomic E-state index is 0.429. The minimum atomic E-state index is 0.429. The lowest BCUT2D eigenvalue weighted by atomic mass is 9.99. The molecule has 0 spiro atoms. The Morgan fingerprint density at radius 3 is 2.29 bits per heavy atom. The van der Waals surface area contributed by atoms with Crippen LogP contribution in [0.2, 0.25) is 0 Å². The van der Waals surface area contributed by atoms with Gasteiger partial charge < -0.3 is 10.6 Å². The first-order valence-corrected chi connectivity index (χ1v) is 5.53. The normalized spacial score (nSPS) is 13.2. The Labute approximate surface area is 94.2 Å². The van der Waals surface area contributed by atoms with E-state index in [0.717, 1.165) is 11.0 Å². The van der Waals surface area contributed by atoms with E-state index in [1.807, 2.05) is 0 Å². The smallest absolute Gasteiger partial charge is 0.0175 e. The molecule has 3 heteroatoms. The molecule has 1 unspecified atom stereocenters. The molecule has 0 saturated carbocycles. The maximum Gasteiger partial charge on any atom is 0.0175 e.